The fraction of sp³-hybridized carbons (Fsp3) is 0.516. The maximum atomic E-state index is 13.8. The fourth-order valence-electron chi connectivity index (χ4n) is 5.95. The molecular weight excluding hydrogens is 606 g/mol. The number of halogens is 6. The molecule has 2 aliphatic heterocycles. The number of piperazine rings is 1. The van der Waals surface area contributed by atoms with E-state index in [0.717, 1.165) is 5.56 Å². The maximum absolute atomic E-state index is 13.8. The number of amides is 3. The van der Waals surface area contributed by atoms with E-state index in [9.17, 15) is 40.7 Å². The van der Waals surface area contributed by atoms with Crippen LogP contribution in [-0.2, 0) is 39.7 Å². The number of hydrogen-bond acceptors (Lipinski definition) is 5. The Hall–Kier alpha value is -3.81. The zero-order chi connectivity index (χ0) is 33.1. The van der Waals surface area contributed by atoms with Gasteiger partial charge in [-0.05, 0) is 61.1 Å². The van der Waals surface area contributed by atoms with Gasteiger partial charge < -0.3 is 20.3 Å². The van der Waals surface area contributed by atoms with E-state index in [0.29, 0.717) is 25.1 Å². The maximum Gasteiger partial charge on any atom is 0.416 e. The first-order valence-corrected chi connectivity index (χ1v) is 14.7. The van der Waals surface area contributed by atoms with Gasteiger partial charge in [-0.1, -0.05) is 44.2 Å². The highest BCUT2D eigenvalue weighted by Gasteiger charge is 2.52. The molecule has 45 heavy (non-hydrogen) atoms. The lowest BCUT2D eigenvalue weighted by Crippen LogP contribution is -2.73. The average Bonchev–Trinajstić information content (AvgIpc) is 2.95. The van der Waals surface area contributed by atoms with Crippen LogP contribution in [0, 0.1) is 5.92 Å². The minimum Gasteiger partial charge on any atom is -0.444 e. The zero-order valence-corrected chi connectivity index (χ0v) is 24.9. The highest BCUT2D eigenvalue weighted by molar-refractivity contribution is 5.91. The molecule has 3 atom stereocenters. The van der Waals surface area contributed by atoms with E-state index in [-0.39, 0.29) is 56.2 Å². The van der Waals surface area contributed by atoms with E-state index in [1.54, 1.807) is 35.2 Å². The van der Waals surface area contributed by atoms with Crippen LogP contribution in [-0.4, -0.2) is 70.5 Å². The number of carbonyl (C=O) groups is 3. The van der Waals surface area contributed by atoms with Crippen LogP contribution in [0.1, 0.15) is 55.4 Å². The van der Waals surface area contributed by atoms with Crippen molar-refractivity contribution >= 4 is 17.9 Å². The van der Waals surface area contributed by atoms with Crippen molar-refractivity contribution in [1.82, 2.24) is 14.7 Å². The highest BCUT2D eigenvalue weighted by atomic mass is 19.4. The summed E-state index contributed by atoms with van der Waals surface area (Å²) in [6, 6.07) is 8.33. The minimum atomic E-state index is -5.07. The summed E-state index contributed by atoms with van der Waals surface area (Å²) in [5.41, 5.74) is 2.94. The number of rotatable bonds is 9. The van der Waals surface area contributed by atoms with E-state index < -0.39 is 60.0 Å². The van der Waals surface area contributed by atoms with Crippen LogP contribution in [0.3, 0.4) is 0 Å². The standard InChI is InChI=1S/C31H36F6N4O4/c1-19(2)16-39-17-26-40(29(44)45-18-21-11-22(30(32,33)34)14-23(12-21)31(35,36)37)24(13-20-7-4-3-5-8-20)15-27(42)41(26)25(28(39)43)9-6-10-38/h3-5,7-8,11-12,14,19,24-26H,6,9-10,13,15-18,38H2,1-2H3/t24?,25-,26?/m0/s1. The molecule has 2 saturated heterocycles. The molecule has 0 radical (unpaired) electrons. The van der Waals surface area contributed by atoms with Crippen LogP contribution in [0.25, 0.3) is 0 Å². The summed E-state index contributed by atoms with van der Waals surface area (Å²) < 4.78 is 86.0. The van der Waals surface area contributed by atoms with Gasteiger partial charge in [-0.2, -0.15) is 26.3 Å². The second kappa shape index (κ2) is 13.7. The van der Waals surface area contributed by atoms with Gasteiger partial charge in [0.2, 0.25) is 11.8 Å². The number of hydrogen-bond donors (Lipinski definition) is 1. The second-order valence-corrected chi connectivity index (χ2v) is 11.8. The van der Waals surface area contributed by atoms with E-state index >= 15 is 0 Å². The molecule has 0 saturated carbocycles. The Labute approximate surface area is 257 Å². The Bertz CT molecular complexity index is 1340. The predicted molar refractivity (Wildman–Crippen MR) is 151 cm³/mol. The third kappa shape index (κ3) is 8.08. The number of nitrogens with two attached hydrogens (primary N) is 1. The molecule has 2 aromatic carbocycles. The van der Waals surface area contributed by atoms with Gasteiger partial charge >= 0.3 is 18.4 Å². The number of carbonyl (C=O) groups excluding carboxylic acids is 3. The first kappa shape index (κ1) is 34.1. The van der Waals surface area contributed by atoms with E-state index in [4.69, 9.17) is 10.5 Å². The average molecular weight is 643 g/mol. The predicted octanol–water partition coefficient (Wildman–Crippen LogP) is 5.44. The van der Waals surface area contributed by atoms with Crippen molar-refractivity contribution in [2.45, 2.75) is 76.7 Å². The van der Waals surface area contributed by atoms with Crippen molar-refractivity contribution in [2.75, 3.05) is 19.6 Å². The first-order valence-electron chi connectivity index (χ1n) is 14.7. The van der Waals surface area contributed by atoms with Crippen molar-refractivity contribution in [1.29, 1.82) is 0 Å². The second-order valence-electron chi connectivity index (χ2n) is 11.8. The lowest BCUT2D eigenvalue weighted by molar-refractivity contribution is -0.172. The normalized spacial score (nSPS) is 20.9. The minimum absolute atomic E-state index is 0.000825. The SMILES string of the molecule is CC(C)CN1CC2N(C(=O)OCc3cc(C(F)(F)F)cc(C(F)(F)F)c3)C(Cc3ccccc3)CC(=O)N2[C@@H](CCCN)C1=O. The monoisotopic (exact) mass is 642 g/mol. The van der Waals surface area contributed by atoms with Crippen LogP contribution in [0.4, 0.5) is 31.1 Å². The number of ether oxygens (including phenoxy) is 1. The molecule has 2 N–H and O–H groups in total. The summed E-state index contributed by atoms with van der Waals surface area (Å²) in [5.74, 6) is -0.573. The molecule has 0 bridgehead atoms. The lowest BCUT2D eigenvalue weighted by Gasteiger charge is -2.54. The summed E-state index contributed by atoms with van der Waals surface area (Å²) >= 11 is 0. The largest absolute Gasteiger partial charge is 0.444 e. The van der Waals surface area contributed by atoms with Crippen LogP contribution in [0.2, 0.25) is 0 Å². The summed E-state index contributed by atoms with van der Waals surface area (Å²) in [6.45, 7) is 3.51. The number of fused-ring (bicyclic) bond motifs is 1. The molecule has 2 aliphatic rings. The molecule has 2 fully saturated rings. The Kier molecular flexibility index (Phi) is 10.4. The third-order valence-electron chi connectivity index (χ3n) is 7.85. The first-order chi connectivity index (χ1) is 21.1. The van der Waals surface area contributed by atoms with E-state index in [1.807, 2.05) is 13.8 Å². The summed E-state index contributed by atoms with van der Waals surface area (Å²) in [6.07, 6.45) is -11.4. The Morgan fingerprint density at radius 3 is 2.16 bits per heavy atom. The highest BCUT2D eigenvalue weighted by Crippen LogP contribution is 2.37. The van der Waals surface area contributed by atoms with Gasteiger partial charge in [0.05, 0.1) is 17.7 Å². The van der Waals surface area contributed by atoms with Crippen molar-refractivity contribution in [3.63, 3.8) is 0 Å². The summed E-state index contributed by atoms with van der Waals surface area (Å²) in [5, 5.41) is 0. The Morgan fingerprint density at radius 2 is 1.60 bits per heavy atom. The molecule has 3 amide bonds. The van der Waals surface area contributed by atoms with Crippen LogP contribution < -0.4 is 5.73 Å². The molecule has 0 spiro atoms. The van der Waals surface area contributed by atoms with Gasteiger partial charge in [0, 0.05) is 19.0 Å². The molecule has 246 valence electrons. The van der Waals surface area contributed by atoms with E-state index in [2.05, 4.69) is 0 Å². The molecule has 14 heteroatoms. The van der Waals surface area contributed by atoms with Crippen molar-refractivity contribution in [2.24, 2.45) is 11.7 Å². The van der Waals surface area contributed by atoms with Gasteiger partial charge in [-0.25, -0.2) is 4.79 Å². The summed E-state index contributed by atoms with van der Waals surface area (Å²) in [4.78, 5) is 45.2. The molecule has 8 nitrogen and oxygen atoms in total. The van der Waals surface area contributed by atoms with Crippen LogP contribution >= 0.6 is 0 Å². The number of alkyl halides is 6. The smallest absolute Gasteiger partial charge is 0.416 e. The Morgan fingerprint density at radius 1 is 0.978 bits per heavy atom. The van der Waals surface area contributed by atoms with Gasteiger partial charge in [-0.15, -0.1) is 0 Å². The molecular formula is C31H36F6N4O4. The third-order valence-corrected chi connectivity index (χ3v) is 7.85. The molecule has 2 unspecified atom stereocenters. The van der Waals surface area contributed by atoms with Crippen molar-refractivity contribution in [3.05, 3.63) is 70.8 Å². The molecule has 0 aliphatic carbocycles. The van der Waals surface area contributed by atoms with Crippen molar-refractivity contribution < 1.29 is 45.5 Å². The van der Waals surface area contributed by atoms with Crippen LogP contribution in [0.15, 0.2) is 48.5 Å². The number of benzene rings is 2. The zero-order valence-electron chi connectivity index (χ0n) is 24.9. The molecule has 4 rings (SSSR count). The van der Waals surface area contributed by atoms with Crippen LogP contribution in [0.5, 0.6) is 0 Å². The lowest BCUT2D eigenvalue weighted by atomic mass is 9.93. The number of nitrogens with zero attached hydrogens (tertiary/aromatic N) is 3. The van der Waals surface area contributed by atoms with Gasteiger partial charge in [-0.3, -0.25) is 14.5 Å². The molecule has 2 aromatic rings. The van der Waals surface area contributed by atoms with Crippen molar-refractivity contribution in [3.8, 4) is 0 Å². The fourth-order valence-corrected chi connectivity index (χ4v) is 5.95. The van der Waals surface area contributed by atoms with E-state index in [1.165, 1.54) is 9.80 Å². The molecule has 2 heterocycles. The molecule has 0 aromatic heterocycles. The van der Waals surface area contributed by atoms with Gasteiger partial charge in [0.15, 0.2) is 0 Å². The Balaban J connectivity index is 1.70. The quantitative estimate of drug-likeness (QED) is 0.368. The topological polar surface area (TPSA) is 96.2 Å². The summed E-state index contributed by atoms with van der Waals surface area (Å²) in [7, 11) is 0. The van der Waals surface area contributed by atoms with Gasteiger partial charge in [0.25, 0.3) is 0 Å². The van der Waals surface area contributed by atoms with Gasteiger partial charge in [0.1, 0.15) is 18.8 Å².